The van der Waals surface area contributed by atoms with E-state index in [4.69, 9.17) is 0 Å². The van der Waals surface area contributed by atoms with Gasteiger partial charge in [0.2, 0.25) is 10.0 Å². The fourth-order valence-electron chi connectivity index (χ4n) is 3.12. The molecule has 1 fully saturated rings. The molecule has 170 valence electrons. The number of ether oxygens (including phenoxy) is 1. The minimum atomic E-state index is -3.55. The molecule has 1 amide bonds. The van der Waals surface area contributed by atoms with Crippen molar-refractivity contribution in [3.8, 4) is 0 Å². The van der Waals surface area contributed by atoms with E-state index in [0.717, 1.165) is 4.47 Å². The van der Waals surface area contributed by atoms with Gasteiger partial charge in [0.05, 0.1) is 30.3 Å². The van der Waals surface area contributed by atoms with Gasteiger partial charge in [0.1, 0.15) is 0 Å². The van der Waals surface area contributed by atoms with Gasteiger partial charge in [-0.25, -0.2) is 18.6 Å². The number of benzene rings is 2. The molecule has 3 rings (SSSR count). The van der Waals surface area contributed by atoms with Crippen LogP contribution in [0.15, 0.2) is 63.0 Å². The zero-order valence-electron chi connectivity index (χ0n) is 17.4. The van der Waals surface area contributed by atoms with Crippen LogP contribution in [0.25, 0.3) is 0 Å². The van der Waals surface area contributed by atoms with Crippen molar-refractivity contribution in [3.63, 3.8) is 0 Å². The van der Waals surface area contributed by atoms with Gasteiger partial charge in [-0.15, -0.1) is 0 Å². The maximum Gasteiger partial charge on any atom is 0.337 e. The lowest BCUT2D eigenvalue weighted by molar-refractivity contribution is -0.122. The number of esters is 1. The van der Waals surface area contributed by atoms with Gasteiger partial charge >= 0.3 is 5.97 Å². The van der Waals surface area contributed by atoms with Gasteiger partial charge in [-0.3, -0.25) is 9.69 Å². The molecule has 0 bridgehead atoms. The van der Waals surface area contributed by atoms with Gasteiger partial charge in [0.25, 0.3) is 5.91 Å². The van der Waals surface area contributed by atoms with E-state index >= 15 is 0 Å². The van der Waals surface area contributed by atoms with Crippen LogP contribution < -0.4 is 5.43 Å². The molecule has 1 aliphatic heterocycles. The molecule has 9 nitrogen and oxygen atoms in total. The van der Waals surface area contributed by atoms with Crippen LogP contribution in [0.5, 0.6) is 0 Å². The molecule has 2 aromatic rings. The highest BCUT2D eigenvalue weighted by atomic mass is 79.9. The third-order valence-electron chi connectivity index (χ3n) is 4.88. The molecule has 1 aliphatic rings. The summed E-state index contributed by atoms with van der Waals surface area (Å²) in [5.74, 6) is -0.719. The average molecular weight is 523 g/mol. The van der Waals surface area contributed by atoms with E-state index in [0.29, 0.717) is 37.3 Å². The molecule has 0 aromatic heterocycles. The summed E-state index contributed by atoms with van der Waals surface area (Å²) in [6.07, 6.45) is 1.47. The van der Waals surface area contributed by atoms with Gasteiger partial charge < -0.3 is 4.74 Å². The van der Waals surface area contributed by atoms with Crippen LogP contribution in [0.2, 0.25) is 0 Å². The number of sulfonamides is 1. The summed E-state index contributed by atoms with van der Waals surface area (Å²) < 4.78 is 32.4. The smallest absolute Gasteiger partial charge is 0.337 e. The summed E-state index contributed by atoms with van der Waals surface area (Å²) in [5.41, 5.74) is 3.60. The number of nitrogens with one attached hydrogen (secondary N) is 1. The van der Waals surface area contributed by atoms with E-state index in [2.05, 4.69) is 31.2 Å². The predicted molar refractivity (Wildman–Crippen MR) is 123 cm³/mol. The molecule has 2 aromatic carbocycles. The Morgan fingerprint density at radius 3 is 2.28 bits per heavy atom. The van der Waals surface area contributed by atoms with E-state index in [1.807, 2.05) is 4.90 Å². The first-order chi connectivity index (χ1) is 15.3. The Labute approximate surface area is 195 Å². The van der Waals surface area contributed by atoms with E-state index < -0.39 is 16.0 Å². The summed E-state index contributed by atoms with van der Waals surface area (Å²) in [6, 6.07) is 13.1. The SMILES string of the molecule is COC(=O)c1ccc(C=NNC(=O)CN2CCN(S(=O)(=O)c3ccc(Br)cc3)CC2)cc1. The highest BCUT2D eigenvalue weighted by Gasteiger charge is 2.28. The fraction of sp³-hybridized carbons (Fsp3) is 0.286. The minimum Gasteiger partial charge on any atom is -0.465 e. The molecule has 0 radical (unpaired) electrons. The molecule has 0 spiro atoms. The number of amides is 1. The highest BCUT2D eigenvalue weighted by molar-refractivity contribution is 9.10. The molecular weight excluding hydrogens is 500 g/mol. The fourth-order valence-corrected chi connectivity index (χ4v) is 4.81. The van der Waals surface area contributed by atoms with Crippen molar-refractivity contribution in [2.24, 2.45) is 5.10 Å². The number of rotatable bonds is 7. The third-order valence-corrected chi connectivity index (χ3v) is 7.33. The number of nitrogens with zero attached hydrogens (tertiary/aromatic N) is 3. The minimum absolute atomic E-state index is 0.116. The Bertz CT molecular complexity index is 1080. The lowest BCUT2D eigenvalue weighted by atomic mass is 10.1. The summed E-state index contributed by atoms with van der Waals surface area (Å²) >= 11 is 3.30. The zero-order valence-corrected chi connectivity index (χ0v) is 19.8. The number of carbonyl (C=O) groups excluding carboxylic acids is 2. The zero-order chi connectivity index (χ0) is 23.1. The van der Waals surface area contributed by atoms with Crippen molar-refractivity contribution in [3.05, 3.63) is 64.1 Å². The first-order valence-corrected chi connectivity index (χ1v) is 12.0. The van der Waals surface area contributed by atoms with Crippen LogP contribution in [0, 0.1) is 0 Å². The van der Waals surface area contributed by atoms with E-state index in [-0.39, 0.29) is 17.3 Å². The predicted octanol–water partition coefficient (Wildman–Crippen LogP) is 1.69. The van der Waals surface area contributed by atoms with Crippen molar-refractivity contribution < 1.29 is 22.7 Å². The standard InChI is InChI=1S/C21H23BrN4O5S/c1-31-21(28)17-4-2-16(3-5-17)14-23-24-20(27)15-25-10-12-26(13-11-25)32(29,30)19-8-6-18(22)7-9-19/h2-9,14H,10-13,15H2,1H3,(H,24,27). The Kier molecular flexibility index (Phi) is 8.13. The topological polar surface area (TPSA) is 108 Å². The van der Waals surface area contributed by atoms with Crippen LogP contribution in [-0.2, 0) is 19.6 Å². The Balaban J connectivity index is 1.45. The maximum absolute atomic E-state index is 12.7. The number of piperazine rings is 1. The maximum atomic E-state index is 12.7. The van der Waals surface area contributed by atoms with Crippen molar-refractivity contribution >= 4 is 44.0 Å². The quantitative estimate of drug-likeness (QED) is 0.336. The van der Waals surface area contributed by atoms with Gasteiger partial charge in [-0.05, 0) is 42.0 Å². The van der Waals surface area contributed by atoms with Gasteiger partial charge in [-0.2, -0.15) is 9.41 Å². The van der Waals surface area contributed by atoms with Gasteiger partial charge in [0.15, 0.2) is 0 Å². The Morgan fingerprint density at radius 2 is 1.69 bits per heavy atom. The van der Waals surface area contributed by atoms with Crippen LogP contribution in [0.3, 0.4) is 0 Å². The second kappa shape index (κ2) is 10.8. The van der Waals surface area contributed by atoms with Crippen LogP contribution >= 0.6 is 15.9 Å². The van der Waals surface area contributed by atoms with Crippen LogP contribution in [-0.4, -0.2) is 75.5 Å². The molecule has 0 unspecified atom stereocenters. The highest BCUT2D eigenvalue weighted by Crippen LogP contribution is 2.20. The summed E-state index contributed by atoms with van der Waals surface area (Å²) in [7, 11) is -2.24. The number of halogens is 1. The normalized spacial score (nSPS) is 15.6. The van der Waals surface area contributed by atoms with Crippen LogP contribution in [0.4, 0.5) is 0 Å². The van der Waals surface area contributed by atoms with E-state index in [9.17, 15) is 18.0 Å². The van der Waals surface area contributed by atoms with Gasteiger partial charge in [0, 0.05) is 30.7 Å². The Hall–Kier alpha value is -2.60. The molecule has 32 heavy (non-hydrogen) atoms. The Morgan fingerprint density at radius 1 is 1.06 bits per heavy atom. The average Bonchev–Trinajstić information content (AvgIpc) is 2.79. The first-order valence-electron chi connectivity index (χ1n) is 9.78. The second-order valence-electron chi connectivity index (χ2n) is 7.04. The largest absolute Gasteiger partial charge is 0.465 e. The van der Waals surface area contributed by atoms with Crippen LogP contribution in [0.1, 0.15) is 15.9 Å². The molecule has 11 heteroatoms. The van der Waals surface area contributed by atoms with E-state index in [1.165, 1.54) is 17.6 Å². The molecule has 0 aliphatic carbocycles. The summed E-state index contributed by atoms with van der Waals surface area (Å²) in [6.45, 7) is 1.62. The van der Waals surface area contributed by atoms with Crippen molar-refractivity contribution in [2.45, 2.75) is 4.90 Å². The molecule has 1 saturated heterocycles. The van der Waals surface area contributed by atoms with Crippen molar-refractivity contribution in [1.82, 2.24) is 14.6 Å². The molecule has 0 atom stereocenters. The summed E-state index contributed by atoms with van der Waals surface area (Å²) in [5, 5.41) is 3.93. The van der Waals surface area contributed by atoms with E-state index in [1.54, 1.807) is 48.5 Å². The monoisotopic (exact) mass is 522 g/mol. The first kappa shape index (κ1) is 24.1. The molecule has 1 heterocycles. The molecular formula is C21H23BrN4O5S. The number of methoxy groups -OCH3 is 1. The molecule has 0 saturated carbocycles. The lowest BCUT2D eigenvalue weighted by Crippen LogP contribution is -2.50. The number of hydrogen-bond acceptors (Lipinski definition) is 7. The summed E-state index contributed by atoms with van der Waals surface area (Å²) in [4.78, 5) is 25.7. The number of hydrogen-bond donors (Lipinski definition) is 1. The number of carbonyl (C=O) groups is 2. The van der Waals surface area contributed by atoms with Crippen molar-refractivity contribution in [2.75, 3.05) is 39.8 Å². The molecule has 1 N–H and O–H groups in total. The van der Waals surface area contributed by atoms with Gasteiger partial charge in [-0.1, -0.05) is 28.1 Å². The van der Waals surface area contributed by atoms with Crippen molar-refractivity contribution in [1.29, 1.82) is 0 Å². The third kappa shape index (κ3) is 6.22. The lowest BCUT2D eigenvalue weighted by Gasteiger charge is -2.33. The second-order valence-corrected chi connectivity index (χ2v) is 9.89. The number of hydrazone groups is 1.